The summed E-state index contributed by atoms with van der Waals surface area (Å²) >= 11 is 0. The number of rotatable bonds is 6. The van der Waals surface area contributed by atoms with E-state index in [0.29, 0.717) is 18.7 Å². The molecule has 0 radical (unpaired) electrons. The van der Waals surface area contributed by atoms with Crippen molar-refractivity contribution in [1.29, 1.82) is 0 Å². The smallest absolute Gasteiger partial charge is 0.229 e. The Morgan fingerprint density at radius 1 is 1.11 bits per heavy atom. The molecule has 0 saturated carbocycles. The van der Waals surface area contributed by atoms with Crippen molar-refractivity contribution >= 4 is 5.91 Å². The highest BCUT2D eigenvalue weighted by molar-refractivity contribution is 5.81. The van der Waals surface area contributed by atoms with Crippen LogP contribution in [-0.2, 0) is 16.0 Å². The fourth-order valence-electron chi connectivity index (χ4n) is 2.62. The van der Waals surface area contributed by atoms with E-state index < -0.39 is 42.7 Å². The number of hydrogen-bond acceptors (Lipinski definition) is 7. The maximum absolute atomic E-state index is 11.8. The normalized spacial score (nSPS) is 28.6. The Hall–Kier alpha value is -1.71. The molecule has 8 nitrogen and oxygen atoms in total. The molecule has 1 amide bonds. The minimum atomic E-state index is -1.48. The van der Waals surface area contributed by atoms with Crippen LogP contribution >= 0.6 is 0 Å². The number of ether oxygens (including phenoxy) is 2. The Balaban J connectivity index is 1.89. The number of aliphatic hydroxyl groups excluding tert-OH is 4. The zero-order valence-corrected chi connectivity index (χ0v) is 15.8. The Morgan fingerprint density at radius 3 is 2.30 bits per heavy atom. The van der Waals surface area contributed by atoms with Gasteiger partial charge in [0.1, 0.15) is 30.2 Å². The highest BCUT2D eigenvalue weighted by atomic mass is 16.7. The van der Waals surface area contributed by atoms with E-state index in [1.54, 1.807) is 12.1 Å². The number of benzene rings is 1. The van der Waals surface area contributed by atoms with Gasteiger partial charge < -0.3 is 35.2 Å². The van der Waals surface area contributed by atoms with Crippen LogP contribution in [0.4, 0.5) is 0 Å². The molecule has 1 heterocycles. The van der Waals surface area contributed by atoms with Gasteiger partial charge in [-0.1, -0.05) is 32.9 Å². The van der Waals surface area contributed by atoms with Gasteiger partial charge in [0.05, 0.1) is 6.61 Å². The number of carbonyl (C=O) groups is 1. The first-order chi connectivity index (χ1) is 12.6. The maximum Gasteiger partial charge on any atom is 0.229 e. The van der Waals surface area contributed by atoms with E-state index in [2.05, 4.69) is 5.32 Å². The first-order valence-electron chi connectivity index (χ1n) is 8.98. The predicted octanol–water partition coefficient (Wildman–Crippen LogP) is -0.430. The third-order valence-corrected chi connectivity index (χ3v) is 4.40. The zero-order chi connectivity index (χ0) is 20.2. The molecule has 1 saturated heterocycles. The number of aliphatic hydroxyl groups is 4. The number of carbonyl (C=O) groups excluding carboxylic acids is 1. The van der Waals surface area contributed by atoms with Crippen molar-refractivity contribution in [2.75, 3.05) is 13.2 Å². The summed E-state index contributed by atoms with van der Waals surface area (Å²) in [5.74, 6) is 0.395. The molecule has 27 heavy (non-hydrogen) atoms. The molecule has 8 heteroatoms. The molecule has 0 aromatic heterocycles. The molecule has 2 unspecified atom stereocenters. The molecule has 152 valence electrons. The molecule has 0 bridgehead atoms. The first-order valence-corrected chi connectivity index (χ1v) is 8.98. The summed E-state index contributed by atoms with van der Waals surface area (Å²) in [4.78, 5) is 11.8. The Labute approximate surface area is 158 Å². The lowest BCUT2D eigenvalue weighted by Gasteiger charge is -2.39. The Bertz CT molecular complexity index is 611. The molecular weight excluding hydrogens is 354 g/mol. The lowest BCUT2D eigenvalue weighted by molar-refractivity contribution is -0.277. The van der Waals surface area contributed by atoms with Gasteiger partial charge in [-0.25, -0.2) is 0 Å². The van der Waals surface area contributed by atoms with Crippen LogP contribution in [0.5, 0.6) is 5.75 Å². The monoisotopic (exact) mass is 383 g/mol. The zero-order valence-electron chi connectivity index (χ0n) is 15.8. The van der Waals surface area contributed by atoms with Crippen molar-refractivity contribution in [3.05, 3.63) is 29.8 Å². The van der Waals surface area contributed by atoms with E-state index in [4.69, 9.17) is 9.47 Å². The number of hydrogen-bond donors (Lipinski definition) is 5. The van der Waals surface area contributed by atoms with Crippen LogP contribution in [0.3, 0.4) is 0 Å². The van der Waals surface area contributed by atoms with Gasteiger partial charge >= 0.3 is 0 Å². The fourth-order valence-corrected chi connectivity index (χ4v) is 2.62. The van der Waals surface area contributed by atoms with Crippen LogP contribution in [0, 0.1) is 5.41 Å². The summed E-state index contributed by atoms with van der Waals surface area (Å²) in [5, 5.41) is 41.6. The quantitative estimate of drug-likeness (QED) is 0.451. The summed E-state index contributed by atoms with van der Waals surface area (Å²) in [6, 6.07) is 7.01. The van der Waals surface area contributed by atoms with Gasteiger partial charge in [0.25, 0.3) is 0 Å². The predicted molar refractivity (Wildman–Crippen MR) is 97.0 cm³/mol. The summed E-state index contributed by atoms with van der Waals surface area (Å²) < 4.78 is 10.8. The van der Waals surface area contributed by atoms with Gasteiger partial charge in [-0.3, -0.25) is 4.79 Å². The fraction of sp³-hybridized carbons (Fsp3) is 0.632. The third kappa shape index (κ3) is 5.63. The summed E-state index contributed by atoms with van der Waals surface area (Å²) in [5.41, 5.74) is 0.564. The van der Waals surface area contributed by atoms with Crippen LogP contribution < -0.4 is 10.1 Å². The Morgan fingerprint density at radius 2 is 1.74 bits per heavy atom. The van der Waals surface area contributed by atoms with Crippen LogP contribution in [0.15, 0.2) is 24.3 Å². The van der Waals surface area contributed by atoms with E-state index in [1.807, 2.05) is 32.9 Å². The van der Waals surface area contributed by atoms with E-state index in [0.717, 1.165) is 5.56 Å². The van der Waals surface area contributed by atoms with Gasteiger partial charge in [0, 0.05) is 12.0 Å². The van der Waals surface area contributed by atoms with Gasteiger partial charge in [0.2, 0.25) is 12.2 Å². The molecule has 1 aromatic carbocycles. The molecule has 1 fully saturated rings. The molecular formula is C19H29NO7. The van der Waals surface area contributed by atoms with E-state index in [-0.39, 0.29) is 5.91 Å². The van der Waals surface area contributed by atoms with E-state index in [1.165, 1.54) is 0 Å². The molecule has 1 aliphatic heterocycles. The molecule has 1 aliphatic rings. The second-order valence-electron chi connectivity index (χ2n) is 7.71. The van der Waals surface area contributed by atoms with Crippen LogP contribution in [0.2, 0.25) is 0 Å². The van der Waals surface area contributed by atoms with Gasteiger partial charge in [-0.2, -0.15) is 0 Å². The minimum absolute atomic E-state index is 0.00919. The number of nitrogens with one attached hydrogen (secondary N) is 1. The standard InChI is InChI=1S/C19H29NO7/c1-19(2,3)18(25)20-9-8-11-4-6-12(7-5-11)26-17-16(24)15(23)14(22)13(10-21)27-17/h4-7,13-17,21-24H,8-10H2,1-3H3,(H,20,25)/t13?,14-,15+,16?,17+/m1/s1. The van der Waals surface area contributed by atoms with Crippen LogP contribution in [0.25, 0.3) is 0 Å². The lowest BCUT2D eigenvalue weighted by atomic mass is 9.95. The molecule has 0 aliphatic carbocycles. The maximum atomic E-state index is 11.8. The average Bonchev–Trinajstić information content (AvgIpc) is 2.62. The highest BCUT2D eigenvalue weighted by Gasteiger charge is 2.44. The van der Waals surface area contributed by atoms with Gasteiger partial charge in [-0.05, 0) is 24.1 Å². The summed E-state index contributed by atoms with van der Waals surface area (Å²) in [6.45, 7) is 5.57. The SMILES string of the molecule is CC(C)(C)C(=O)NCCc1ccc(O[C@H]2OC(CO)[C@@H](O)[C@H](O)C2O)cc1. The molecule has 2 rings (SSSR count). The van der Waals surface area contributed by atoms with E-state index >= 15 is 0 Å². The molecule has 1 aromatic rings. The van der Waals surface area contributed by atoms with Crippen molar-refractivity contribution in [3.63, 3.8) is 0 Å². The topological polar surface area (TPSA) is 128 Å². The van der Waals surface area contributed by atoms with Crippen molar-refractivity contribution in [2.24, 2.45) is 5.41 Å². The van der Waals surface area contributed by atoms with Gasteiger partial charge in [-0.15, -0.1) is 0 Å². The third-order valence-electron chi connectivity index (χ3n) is 4.40. The first kappa shape index (κ1) is 21.6. The van der Waals surface area contributed by atoms with Crippen LogP contribution in [0.1, 0.15) is 26.3 Å². The lowest BCUT2D eigenvalue weighted by Crippen LogP contribution is -2.60. The molecule has 5 N–H and O–H groups in total. The van der Waals surface area contributed by atoms with Crippen molar-refractivity contribution in [3.8, 4) is 5.75 Å². The molecule has 0 spiro atoms. The summed E-state index contributed by atoms with van der Waals surface area (Å²) in [6.07, 6.45) is -5.92. The van der Waals surface area contributed by atoms with E-state index in [9.17, 15) is 25.2 Å². The van der Waals surface area contributed by atoms with Crippen molar-refractivity contribution in [1.82, 2.24) is 5.32 Å². The second kappa shape index (κ2) is 8.99. The summed E-state index contributed by atoms with van der Waals surface area (Å²) in [7, 11) is 0. The average molecular weight is 383 g/mol. The van der Waals surface area contributed by atoms with Gasteiger partial charge in [0.15, 0.2) is 0 Å². The largest absolute Gasteiger partial charge is 0.462 e. The Kier molecular flexibility index (Phi) is 7.19. The van der Waals surface area contributed by atoms with Crippen molar-refractivity contribution in [2.45, 2.75) is 57.9 Å². The minimum Gasteiger partial charge on any atom is -0.462 e. The van der Waals surface area contributed by atoms with Crippen LogP contribution in [-0.4, -0.2) is 70.2 Å². The number of amides is 1. The van der Waals surface area contributed by atoms with Crippen molar-refractivity contribution < 1.29 is 34.7 Å². The highest BCUT2D eigenvalue weighted by Crippen LogP contribution is 2.24. The second-order valence-corrected chi connectivity index (χ2v) is 7.71. The molecule has 5 atom stereocenters.